The maximum absolute atomic E-state index is 13.2. The number of benzene rings is 7. The molecule has 0 spiro atoms. The molecule has 8 heteroatoms. The van der Waals surface area contributed by atoms with Crippen molar-refractivity contribution < 1.29 is 38.1 Å². The van der Waals surface area contributed by atoms with Crippen molar-refractivity contribution in [2.75, 3.05) is 14.2 Å². The van der Waals surface area contributed by atoms with Gasteiger partial charge in [0.2, 0.25) is 0 Å². The molecule has 0 amide bonds. The largest absolute Gasteiger partial charge is 0.496 e. The second-order valence-electron chi connectivity index (χ2n) is 21.9. The highest BCUT2D eigenvalue weighted by molar-refractivity contribution is 5.97. The minimum Gasteiger partial charge on any atom is -0.496 e. The molecule has 8 nitrogen and oxygen atoms in total. The summed E-state index contributed by atoms with van der Waals surface area (Å²) < 4.78 is 23.0. The first-order valence-corrected chi connectivity index (χ1v) is 26.7. The number of hydrogen-bond acceptors (Lipinski definition) is 8. The van der Waals surface area contributed by atoms with Crippen molar-refractivity contribution in [3.63, 3.8) is 0 Å². The molecule has 0 radical (unpaired) electrons. The van der Waals surface area contributed by atoms with Crippen LogP contribution in [0.3, 0.4) is 0 Å². The van der Waals surface area contributed by atoms with Gasteiger partial charge in [0, 0.05) is 22.0 Å². The van der Waals surface area contributed by atoms with Gasteiger partial charge in [0.1, 0.15) is 23.0 Å². The molecule has 7 aromatic rings. The van der Waals surface area contributed by atoms with Crippen LogP contribution in [0.25, 0.3) is 12.2 Å². The zero-order valence-electron chi connectivity index (χ0n) is 49.1. The lowest BCUT2D eigenvalue weighted by molar-refractivity contribution is 0.0723. The molecule has 2 atom stereocenters. The molecule has 0 saturated heterocycles. The van der Waals surface area contributed by atoms with Crippen LogP contribution in [0.15, 0.2) is 121 Å². The molecule has 0 aromatic heterocycles. The predicted molar refractivity (Wildman–Crippen MR) is 318 cm³/mol. The quantitative estimate of drug-likeness (QED) is 0.0408. The minimum absolute atomic E-state index is 0.0392. The van der Waals surface area contributed by atoms with E-state index in [1.807, 2.05) is 76.2 Å². The summed E-state index contributed by atoms with van der Waals surface area (Å²) in [4.78, 5) is 49.0. The Kier molecular flexibility index (Phi) is 18.8. The molecule has 0 aliphatic rings. The van der Waals surface area contributed by atoms with E-state index in [0.717, 1.165) is 67.1 Å². The van der Waals surface area contributed by atoms with Gasteiger partial charge in [0.15, 0.2) is 11.6 Å². The first-order valence-electron chi connectivity index (χ1n) is 26.7. The van der Waals surface area contributed by atoms with E-state index in [2.05, 4.69) is 118 Å². The third-order valence-electron chi connectivity index (χ3n) is 15.8. The van der Waals surface area contributed by atoms with Crippen LogP contribution in [-0.2, 0) is 10.8 Å². The first-order chi connectivity index (χ1) is 36.7. The average Bonchev–Trinajstić information content (AvgIpc) is 3.39. The van der Waals surface area contributed by atoms with E-state index >= 15 is 0 Å². The summed E-state index contributed by atoms with van der Waals surface area (Å²) in [6.45, 7) is 32.9. The van der Waals surface area contributed by atoms with E-state index in [4.69, 9.17) is 18.9 Å². The Balaban J connectivity index is 0.000000258. The Labute approximate surface area is 463 Å². The third-order valence-corrected chi connectivity index (χ3v) is 15.8. The topological polar surface area (TPSA) is 105 Å². The second kappa shape index (κ2) is 24.7. The molecular weight excluding hydrogens is 969 g/mol. The van der Waals surface area contributed by atoms with Gasteiger partial charge in [-0.2, -0.15) is 0 Å². The average molecular weight is 1050 g/mol. The van der Waals surface area contributed by atoms with Gasteiger partial charge in [-0.3, -0.25) is 9.59 Å². The van der Waals surface area contributed by atoms with E-state index in [1.54, 1.807) is 57.5 Å². The number of esters is 2. The molecule has 7 rings (SSSR count). The summed E-state index contributed by atoms with van der Waals surface area (Å²) in [5, 5.41) is 0. The smallest absolute Gasteiger partial charge is 0.343 e. The lowest BCUT2D eigenvalue weighted by Crippen LogP contribution is -2.31. The summed E-state index contributed by atoms with van der Waals surface area (Å²) >= 11 is 0. The zero-order chi connectivity index (χ0) is 57.6. The van der Waals surface area contributed by atoms with E-state index in [-0.39, 0.29) is 28.4 Å². The molecular formula is C70H78O8. The fraction of sp³-hybridized carbons (Fsp3) is 0.314. The maximum atomic E-state index is 13.2. The Morgan fingerprint density at radius 2 is 0.590 bits per heavy atom. The van der Waals surface area contributed by atoms with Crippen molar-refractivity contribution in [3.8, 4) is 23.0 Å². The van der Waals surface area contributed by atoms with E-state index in [9.17, 15) is 19.2 Å². The van der Waals surface area contributed by atoms with Gasteiger partial charge in [-0.05, 0) is 183 Å². The highest BCUT2D eigenvalue weighted by Crippen LogP contribution is 2.45. The number of carbonyl (C=O) groups excluding carboxylic acids is 4. The minimum atomic E-state index is -0.438. The van der Waals surface area contributed by atoms with Crippen molar-refractivity contribution in [2.45, 2.75) is 122 Å². The number of carbonyl (C=O) groups is 4. The molecule has 7 aromatic carbocycles. The summed E-state index contributed by atoms with van der Waals surface area (Å²) in [5.41, 5.74) is 16.6. The first kappa shape index (κ1) is 59.4. The Morgan fingerprint density at radius 3 is 0.821 bits per heavy atom. The van der Waals surface area contributed by atoms with Crippen LogP contribution >= 0.6 is 0 Å². The standard InChI is InChI=1S/C39H42O4.C31H36O4/c1-24(2)39(8,34-20-25(3)36(42-9)26(4)21-34)35-22-27(5)37(28(6)23-35)43-38(41)33-18-14-31(15-19-33)11-10-30-12-16-32(17-13-30)29(7)40;1-18(2)31(8,26-14-19(3)28(34-9)20(4)15-26)27-16-21(5)29(22(6)17-27)35-30(33)25-12-10-24(11-13-25)23(7)32/h10-24H,1-9H3;10-18H,1-9H3. The van der Waals surface area contributed by atoms with Crippen LogP contribution < -0.4 is 18.9 Å². The summed E-state index contributed by atoms with van der Waals surface area (Å²) in [6, 6.07) is 38.8. The molecule has 0 saturated carbocycles. The van der Waals surface area contributed by atoms with Crippen molar-refractivity contribution in [1.82, 2.24) is 0 Å². The van der Waals surface area contributed by atoms with Crippen LogP contribution in [0.4, 0.5) is 0 Å². The van der Waals surface area contributed by atoms with E-state index in [1.165, 1.54) is 29.2 Å². The maximum Gasteiger partial charge on any atom is 0.343 e. The summed E-state index contributed by atoms with van der Waals surface area (Å²) in [7, 11) is 3.43. The fourth-order valence-corrected chi connectivity index (χ4v) is 10.5. The molecule has 406 valence electrons. The number of ether oxygens (including phenoxy) is 4. The van der Waals surface area contributed by atoms with Gasteiger partial charge in [-0.1, -0.05) is 151 Å². The lowest BCUT2D eigenvalue weighted by atomic mass is 9.67. The second-order valence-corrected chi connectivity index (χ2v) is 21.9. The normalized spacial score (nSPS) is 12.8. The number of rotatable bonds is 16. The molecule has 0 N–H and O–H groups in total. The summed E-state index contributed by atoms with van der Waals surface area (Å²) in [6.07, 6.45) is 3.95. The Hall–Kier alpha value is -7.84. The van der Waals surface area contributed by atoms with Crippen LogP contribution in [0.5, 0.6) is 23.0 Å². The number of methoxy groups -OCH3 is 2. The SMILES string of the molecule is COc1c(C)cc(C(C)(c2cc(C)c(OC(=O)c3ccc(C(C)=O)cc3)c(C)c2)C(C)C)cc1C.COc1c(C)cc(C(C)(c2cc(C)c(OC(=O)c3ccc(C=Cc4ccc(C(C)=O)cc4)cc3)c(C)c2)C(C)C)cc1C. The molecule has 0 fully saturated rings. The molecule has 0 bridgehead atoms. The van der Waals surface area contributed by atoms with E-state index < -0.39 is 5.97 Å². The monoisotopic (exact) mass is 1050 g/mol. The van der Waals surface area contributed by atoms with Crippen molar-refractivity contribution in [3.05, 3.63) is 221 Å². The molecule has 78 heavy (non-hydrogen) atoms. The van der Waals surface area contributed by atoms with Gasteiger partial charge in [-0.15, -0.1) is 0 Å². The number of aryl methyl sites for hydroxylation is 8. The Bertz CT molecular complexity index is 3300. The number of Topliss-reactive ketones (excluding diaryl/α,β-unsaturated/α-hetero) is 2. The predicted octanol–water partition coefficient (Wildman–Crippen LogP) is 16.8. The number of ketones is 2. The highest BCUT2D eigenvalue weighted by atomic mass is 16.5. The third kappa shape index (κ3) is 12.8. The fourth-order valence-electron chi connectivity index (χ4n) is 10.5. The van der Waals surface area contributed by atoms with Gasteiger partial charge < -0.3 is 18.9 Å². The van der Waals surface area contributed by atoms with Crippen LogP contribution in [0.2, 0.25) is 0 Å². The van der Waals surface area contributed by atoms with Gasteiger partial charge in [-0.25, -0.2) is 9.59 Å². The van der Waals surface area contributed by atoms with Gasteiger partial charge in [0.05, 0.1) is 25.3 Å². The molecule has 0 aliphatic carbocycles. The van der Waals surface area contributed by atoms with Crippen molar-refractivity contribution >= 4 is 35.7 Å². The highest BCUT2D eigenvalue weighted by Gasteiger charge is 2.36. The lowest BCUT2D eigenvalue weighted by Gasteiger charge is -2.37. The van der Waals surface area contributed by atoms with Gasteiger partial charge >= 0.3 is 11.9 Å². The van der Waals surface area contributed by atoms with E-state index in [0.29, 0.717) is 45.6 Å². The van der Waals surface area contributed by atoms with Gasteiger partial charge in [0.25, 0.3) is 0 Å². The molecule has 0 aliphatic heterocycles. The van der Waals surface area contributed by atoms with Crippen LogP contribution in [0, 0.1) is 67.2 Å². The molecule has 0 heterocycles. The zero-order valence-corrected chi connectivity index (χ0v) is 49.1. The van der Waals surface area contributed by atoms with Crippen LogP contribution in [-0.4, -0.2) is 37.7 Å². The van der Waals surface area contributed by atoms with Crippen molar-refractivity contribution in [2.24, 2.45) is 11.8 Å². The summed E-state index contributed by atoms with van der Waals surface area (Å²) in [5.74, 6) is 2.84. The number of hydrogen-bond donors (Lipinski definition) is 0. The molecule has 2 unspecified atom stereocenters. The Morgan fingerprint density at radius 1 is 0.372 bits per heavy atom. The van der Waals surface area contributed by atoms with Crippen LogP contribution in [0.1, 0.15) is 175 Å². The van der Waals surface area contributed by atoms with Crippen molar-refractivity contribution in [1.29, 1.82) is 0 Å².